The molecule has 0 radical (unpaired) electrons. The van der Waals surface area contributed by atoms with Crippen molar-refractivity contribution in [2.24, 2.45) is 11.3 Å². The Kier molecular flexibility index (Phi) is 4.34. The summed E-state index contributed by atoms with van der Waals surface area (Å²) in [6.45, 7) is 6.50. The normalized spacial score (nSPS) is 41.3. The molecule has 4 aliphatic carbocycles. The Morgan fingerprint density at radius 1 is 1.36 bits per heavy atom. The van der Waals surface area contributed by atoms with Gasteiger partial charge in [-0.3, -0.25) is 4.79 Å². The van der Waals surface area contributed by atoms with E-state index in [1.807, 2.05) is 13.0 Å². The molecule has 2 spiro atoms. The Morgan fingerprint density at radius 2 is 2.15 bits per heavy atom. The topological polar surface area (TPSA) is 68.2 Å². The predicted octanol–water partition coefficient (Wildman–Crippen LogP) is 3.38. The smallest absolute Gasteiger partial charge is 0.308 e. The van der Waals surface area contributed by atoms with Crippen LogP contribution in [0.25, 0.3) is 0 Å². The van der Waals surface area contributed by atoms with Crippen molar-refractivity contribution in [1.29, 1.82) is 0 Å². The van der Waals surface area contributed by atoms with Crippen molar-refractivity contribution in [2.45, 2.75) is 81.6 Å². The first-order valence-corrected chi connectivity index (χ1v) is 12.4. The number of benzene rings is 1. The number of hydrogen-bond acceptors (Lipinski definition) is 6. The highest BCUT2D eigenvalue weighted by atomic mass is 16.6. The summed E-state index contributed by atoms with van der Waals surface area (Å²) in [7, 11) is 3.99. The molecule has 6 heteroatoms. The van der Waals surface area contributed by atoms with E-state index >= 15 is 0 Å². The minimum Gasteiger partial charge on any atom is -0.482 e. The van der Waals surface area contributed by atoms with E-state index in [9.17, 15) is 9.90 Å². The highest BCUT2D eigenvalue weighted by Gasteiger charge is 2.80. The van der Waals surface area contributed by atoms with Gasteiger partial charge in [-0.05, 0) is 57.8 Å². The van der Waals surface area contributed by atoms with Crippen LogP contribution in [-0.2, 0) is 21.4 Å². The van der Waals surface area contributed by atoms with Gasteiger partial charge in [0.15, 0.2) is 11.5 Å². The standard InChI is InChI=1S/C27H35NO5/c1-6-9-24(3,30)19-15-25-10-11-27(19,31-5)23-26(25)12-13-28(4)20(25)14-17-7-8-18(32-16(2)29)22(33-23)21(17)26/h7-8,10-11,19-20,23,30H,6,9,12-15H2,1-5H3/t19-,20?,23+,24+,25?,26?,27?/m1/s1. The van der Waals surface area contributed by atoms with E-state index < -0.39 is 11.2 Å². The number of nitrogens with zero attached hydrogens (tertiary/aromatic N) is 1. The lowest BCUT2D eigenvalue weighted by Gasteiger charge is -2.72. The van der Waals surface area contributed by atoms with Gasteiger partial charge in [0.2, 0.25) is 0 Å². The first-order chi connectivity index (χ1) is 15.7. The molecule has 1 saturated carbocycles. The Labute approximate surface area is 195 Å². The van der Waals surface area contributed by atoms with E-state index in [2.05, 4.69) is 37.1 Å². The molecule has 1 aromatic carbocycles. The van der Waals surface area contributed by atoms with Crippen LogP contribution in [0.3, 0.4) is 0 Å². The van der Waals surface area contributed by atoms with Gasteiger partial charge in [0.25, 0.3) is 0 Å². The molecule has 0 amide bonds. The van der Waals surface area contributed by atoms with Crippen molar-refractivity contribution < 1.29 is 24.1 Å². The maximum atomic E-state index is 11.9. The molecule has 33 heavy (non-hydrogen) atoms. The molecule has 2 fully saturated rings. The Hall–Kier alpha value is -1.89. The van der Waals surface area contributed by atoms with Gasteiger partial charge in [-0.1, -0.05) is 31.6 Å². The molecule has 1 saturated heterocycles. The molecule has 0 aromatic heterocycles. The molecule has 6 nitrogen and oxygen atoms in total. The second-order valence-electron chi connectivity index (χ2n) is 11.2. The number of hydrogen-bond donors (Lipinski definition) is 1. The zero-order valence-electron chi connectivity index (χ0n) is 20.3. The fourth-order valence-electron chi connectivity index (χ4n) is 8.67. The zero-order chi connectivity index (χ0) is 23.4. The lowest BCUT2D eigenvalue weighted by Crippen LogP contribution is -2.80. The lowest BCUT2D eigenvalue weighted by molar-refractivity contribution is -0.247. The van der Waals surface area contributed by atoms with Crippen LogP contribution < -0.4 is 9.47 Å². The lowest BCUT2D eigenvalue weighted by atomic mass is 9.36. The molecule has 4 unspecified atom stereocenters. The quantitative estimate of drug-likeness (QED) is 0.419. The molecule has 7 atom stereocenters. The highest BCUT2D eigenvalue weighted by molar-refractivity contribution is 5.73. The van der Waals surface area contributed by atoms with Gasteiger partial charge >= 0.3 is 5.97 Å². The molecular formula is C27H35NO5. The Bertz CT molecular complexity index is 1060. The van der Waals surface area contributed by atoms with Gasteiger partial charge in [-0.2, -0.15) is 0 Å². The number of fused-ring (bicyclic) bond motifs is 1. The van der Waals surface area contributed by atoms with Gasteiger partial charge in [0, 0.05) is 37.0 Å². The third-order valence-corrected chi connectivity index (χ3v) is 9.82. The molecule has 1 aromatic rings. The summed E-state index contributed by atoms with van der Waals surface area (Å²) in [4.78, 5) is 14.4. The average molecular weight is 454 g/mol. The third-order valence-electron chi connectivity index (χ3n) is 9.82. The van der Waals surface area contributed by atoms with Crippen molar-refractivity contribution >= 4 is 5.97 Å². The van der Waals surface area contributed by atoms with Crippen LogP contribution in [0.4, 0.5) is 0 Å². The minimum atomic E-state index is -0.881. The van der Waals surface area contributed by atoms with Crippen LogP contribution in [0, 0.1) is 11.3 Å². The summed E-state index contributed by atoms with van der Waals surface area (Å²) >= 11 is 0. The van der Waals surface area contributed by atoms with Gasteiger partial charge in [0.05, 0.1) is 11.0 Å². The second-order valence-corrected chi connectivity index (χ2v) is 11.2. The Balaban J connectivity index is 1.63. The number of methoxy groups -OCH3 is 1. The number of carbonyl (C=O) groups is 1. The van der Waals surface area contributed by atoms with Gasteiger partial charge in [0.1, 0.15) is 11.7 Å². The van der Waals surface area contributed by atoms with Crippen molar-refractivity contribution in [3.05, 3.63) is 35.4 Å². The highest BCUT2D eigenvalue weighted by Crippen LogP contribution is 2.75. The van der Waals surface area contributed by atoms with Gasteiger partial charge in [-0.25, -0.2) is 0 Å². The summed E-state index contributed by atoms with van der Waals surface area (Å²) < 4.78 is 18.9. The number of carbonyl (C=O) groups excluding carboxylic acids is 1. The zero-order valence-corrected chi connectivity index (χ0v) is 20.3. The largest absolute Gasteiger partial charge is 0.482 e. The average Bonchev–Trinajstić information content (AvgIpc) is 3.14. The number of likely N-dealkylation sites (N-methyl/N-ethyl adjacent to an activating group) is 1. The van der Waals surface area contributed by atoms with E-state index in [0.29, 0.717) is 24.0 Å². The first-order valence-electron chi connectivity index (χ1n) is 12.4. The van der Waals surface area contributed by atoms with Gasteiger partial charge < -0.3 is 24.2 Å². The summed E-state index contributed by atoms with van der Waals surface area (Å²) in [6, 6.07) is 4.33. The number of aliphatic hydroxyl groups is 1. The number of esters is 1. The third kappa shape index (κ3) is 2.33. The van der Waals surface area contributed by atoms with Crippen LogP contribution in [0.15, 0.2) is 24.3 Å². The Morgan fingerprint density at radius 3 is 2.85 bits per heavy atom. The van der Waals surface area contributed by atoms with Crippen molar-refractivity contribution in [1.82, 2.24) is 4.90 Å². The predicted molar refractivity (Wildman–Crippen MR) is 124 cm³/mol. The van der Waals surface area contributed by atoms with E-state index in [1.165, 1.54) is 18.1 Å². The molecule has 7 rings (SSSR count). The molecule has 1 N–H and O–H groups in total. The van der Waals surface area contributed by atoms with Crippen LogP contribution in [0.1, 0.15) is 57.6 Å². The maximum absolute atomic E-state index is 11.9. The molecule has 2 aliphatic heterocycles. The monoisotopic (exact) mass is 453 g/mol. The fraction of sp³-hybridized carbons (Fsp3) is 0.667. The van der Waals surface area contributed by atoms with E-state index in [-0.39, 0.29) is 28.8 Å². The number of piperidine rings is 1. The number of rotatable bonds is 5. The number of ether oxygens (including phenoxy) is 3. The van der Waals surface area contributed by atoms with Crippen LogP contribution in [0.2, 0.25) is 0 Å². The van der Waals surface area contributed by atoms with E-state index in [4.69, 9.17) is 14.2 Å². The summed E-state index contributed by atoms with van der Waals surface area (Å²) in [5.74, 6) is 0.765. The molecule has 6 aliphatic rings. The molecule has 178 valence electrons. The van der Waals surface area contributed by atoms with Crippen LogP contribution >= 0.6 is 0 Å². The van der Waals surface area contributed by atoms with Crippen molar-refractivity contribution in [2.75, 3.05) is 20.7 Å². The summed E-state index contributed by atoms with van der Waals surface area (Å²) in [5.41, 5.74) is 0.452. The van der Waals surface area contributed by atoms with Gasteiger partial charge in [-0.15, -0.1) is 0 Å². The summed E-state index contributed by atoms with van der Waals surface area (Å²) in [6.07, 6.45) is 8.69. The second kappa shape index (κ2) is 6.61. The summed E-state index contributed by atoms with van der Waals surface area (Å²) in [5, 5.41) is 11.8. The van der Waals surface area contributed by atoms with Crippen molar-refractivity contribution in [3.8, 4) is 11.5 Å². The fourth-order valence-corrected chi connectivity index (χ4v) is 8.67. The molecule has 2 heterocycles. The van der Waals surface area contributed by atoms with E-state index in [0.717, 1.165) is 32.2 Å². The SMILES string of the molecule is CCC[C@](C)(O)[C@H]1CC23C=CC1(OC)[C@H]1Oc4c(OC(C)=O)ccc5c4C12CCN(C)C3C5. The minimum absolute atomic E-state index is 0.0971. The molecule has 4 bridgehead atoms. The number of likely N-dealkylation sites (tertiary alicyclic amines) is 1. The maximum Gasteiger partial charge on any atom is 0.308 e. The van der Waals surface area contributed by atoms with Crippen LogP contribution in [0.5, 0.6) is 11.5 Å². The van der Waals surface area contributed by atoms with Crippen molar-refractivity contribution in [3.63, 3.8) is 0 Å². The van der Waals surface area contributed by atoms with Crippen LogP contribution in [-0.4, -0.2) is 60.0 Å². The van der Waals surface area contributed by atoms with E-state index in [1.54, 1.807) is 7.11 Å². The molecular weight excluding hydrogens is 418 g/mol. The first kappa shape index (κ1) is 21.6.